The lowest BCUT2D eigenvalue weighted by atomic mass is 9.82. The first-order valence-corrected chi connectivity index (χ1v) is 6.60. The van der Waals surface area contributed by atoms with Crippen LogP contribution in [0.25, 0.3) is 0 Å². The minimum Gasteiger partial charge on any atom is -0.384 e. The fourth-order valence-corrected chi connectivity index (χ4v) is 4.16. The Morgan fingerprint density at radius 3 is 2.73 bits per heavy atom. The Labute approximate surface area is 95.8 Å². The molecule has 15 heavy (non-hydrogen) atoms. The van der Waals surface area contributed by atoms with Crippen LogP contribution in [-0.2, 0) is 14.2 Å². The van der Waals surface area contributed by atoms with E-state index in [0.717, 1.165) is 24.7 Å². The molecule has 2 bridgehead atoms. The van der Waals surface area contributed by atoms with Gasteiger partial charge in [0, 0.05) is 37.6 Å². The van der Waals surface area contributed by atoms with E-state index in [9.17, 15) is 0 Å². The van der Waals surface area contributed by atoms with Crippen LogP contribution in [-0.4, -0.2) is 50.6 Å². The number of rotatable bonds is 4. The molecule has 88 valence electrons. The van der Waals surface area contributed by atoms with Crippen molar-refractivity contribution in [1.29, 1.82) is 0 Å². The van der Waals surface area contributed by atoms with E-state index in [1.54, 1.807) is 14.2 Å². The Hall–Kier alpha value is 0.230. The summed E-state index contributed by atoms with van der Waals surface area (Å²) >= 11 is 2.00. The Morgan fingerprint density at radius 2 is 2.07 bits per heavy atom. The molecule has 0 saturated carbocycles. The number of methoxy groups -OCH3 is 2. The summed E-state index contributed by atoms with van der Waals surface area (Å²) in [5, 5.41) is 0. The first-order valence-electron chi connectivity index (χ1n) is 5.44. The van der Waals surface area contributed by atoms with Crippen LogP contribution < -0.4 is 0 Å². The Kier molecular flexibility index (Phi) is 3.60. The van der Waals surface area contributed by atoms with E-state index in [4.69, 9.17) is 14.2 Å². The van der Waals surface area contributed by atoms with Crippen LogP contribution in [0, 0.1) is 11.8 Å². The van der Waals surface area contributed by atoms with Crippen LogP contribution in [0.3, 0.4) is 0 Å². The van der Waals surface area contributed by atoms with E-state index >= 15 is 0 Å². The third kappa shape index (κ3) is 2.05. The second kappa shape index (κ2) is 4.62. The second-order valence-corrected chi connectivity index (χ2v) is 5.70. The number of fused-ring (bicyclic) bond motifs is 2. The molecule has 0 spiro atoms. The van der Waals surface area contributed by atoms with Gasteiger partial charge in [0.25, 0.3) is 0 Å². The average molecular weight is 232 g/mol. The zero-order chi connectivity index (χ0) is 10.9. The van der Waals surface area contributed by atoms with Gasteiger partial charge in [-0.1, -0.05) is 0 Å². The van der Waals surface area contributed by atoms with Crippen LogP contribution in [0.2, 0.25) is 0 Å². The minimum atomic E-state index is -0.00715. The first kappa shape index (κ1) is 11.7. The van der Waals surface area contributed by atoms with E-state index in [2.05, 4.69) is 6.92 Å². The largest absolute Gasteiger partial charge is 0.384 e. The minimum absolute atomic E-state index is 0.00715. The smallest absolute Gasteiger partial charge is 0.0803 e. The molecular formula is C11H20O3S. The normalized spacial score (nSPS) is 44.6. The molecular weight excluding hydrogens is 212 g/mol. The van der Waals surface area contributed by atoms with Gasteiger partial charge in [-0.2, -0.15) is 11.8 Å². The van der Waals surface area contributed by atoms with Crippen molar-refractivity contribution in [3.8, 4) is 0 Å². The maximum Gasteiger partial charge on any atom is 0.0803 e. The standard InChI is InChI=1S/C11H20O3S/c1-11-7-15-6-10(14-11)8(4-12-2)9(11)5-13-3/h8-10H,4-7H2,1-3H3/t8-,9+,10+,11-/m0/s1. The zero-order valence-electron chi connectivity index (χ0n) is 9.69. The lowest BCUT2D eigenvalue weighted by molar-refractivity contribution is -0.0373. The van der Waals surface area contributed by atoms with Crippen molar-refractivity contribution >= 4 is 11.8 Å². The van der Waals surface area contributed by atoms with Gasteiger partial charge in [0.15, 0.2) is 0 Å². The molecule has 2 saturated heterocycles. The average Bonchev–Trinajstić information content (AvgIpc) is 2.39. The van der Waals surface area contributed by atoms with E-state index in [0.29, 0.717) is 17.9 Å². The Balaban J connectivity index is 2.13. The number of hydrogen-bond acceptors (Lipinski definition) is 4. The predicted molar refractivity (Wildman–Crippen MR) is 61.3 cm³/mol. The topological polar surface area (TPSA) is 27.7 Å². The molecule has 0 aromatic carbocycles. The summed E-state index contributed by atoms with van der Waals surface area (Å²) in [4.78, 5) is 0. The summed E-state index contributed by atoms with van der Waals surface area (Å²) in [5.74, 6) is 3.15. The second-order valence-electron chi connectivity index (χ2n) is 4.67. The van der Waals surface area contributed by atoms with Crippen molar-refractivity contribution in [2.45, 2.75) is 18.6 Å². The quantitative estimate of drug-likeness (QED) is 0.732. The summed E-state index contributed by atoms with van der Waals surface area (Å²) in [5.41, 5.74) is -0.00715. The van der Waals surface area contributed by atoms with Gasteiger partial charge in [-0.15, -0.1) is 0 Å². The molecule has 3 nitrogen and oxygen atoms in total. The first-order chi connectivity index (χ1) is 7.21. The third-order valence-electron chi connectivity index (χ3n) is 3.58. The van der Waals surface area contributed by atoms with E-state index in [1.165, 1.54) is 0 Å². The number of thioether (sulfide) groups is 1. The maximum atomic E-state index is 6.13. The predicted octanol–water partition coefficient (Wildman–Crippen LogP) is 1.42. The van der Waals surface area contributed by atoms with Gasteiger partial charge < -0.3 is 14.2 Å². The fraction of sp³-hybridized carbons (Fsp3) is 1.00. The van der Waals surface area contributed by atoms with Crippen molar-refractivity contribution < 1.29 is 14.2 Å². The fourth-order valence-electron chi connectivity index (χ4n) is 2.80. The summed E-state index contributed by atoms with van der Waals surface area (Å²) < 4.78 is 16.8. The summed E-state index contributed by atoms with van der Waals surface area (Å²) in [7, 11) is 3.53. The van der Waals surface area contributed by atoms with Gasteiger partial charge in [-0.3, -0.25) is 0 Å². The van der Waals surface area contributed by atoms with Gasteiger partial charge in [0.1, 0.15) is 0 Å². The molecule has 0 aliphatic carbocycles. The van der Waals surface area contributed by atoms with Gasteiger partial charge in [0.05, 0.1) is 24.9 Å². The highest BCUT2D eigenvalue weighted by Gasteiger charge is 2.54. The molecule has 0 aromatic heterocycles. The van der Waals surface area contributed by atoms with Crippen molar-refractivity contribution in [3.63, 3.8) is 0 Å². The van der Waals surface area contributed by atoms with Gasteiger partial charge in [-0.05, 0) is 6.92 Å². The molecule has 0 amide bonds. The van der Waals surface area contributed by atoms with E-state index < -0.39 is 0 Å². The zero-order valence-corrected chi connectivity index (χ0v) is 10.5. The molecule has 2 aliphatic rings. The molecule has 4 atom stereocenters. The van der Waals surface area contributed by atoms with Crippen molar-refractivity contribution in [3.05, 3.63) is 0 Å². The molecule has 2 fully saturated rings. The van der Waals surface area contributed by atoms with Crippen LogP contribution >= 0.6 is 11.8 Å². The van der Waals surface area contributed by atoms with Crippen LogP contribution in [0.1, 0.15) is 6.92 Å². The summed E-state index contributed by atoms with van der Waals surface area (Å²) in [6.07, 6.45) is 0.355. The van der Waals surface area contributed by atoms with E-state index in [-0.39, 0.29) is 5.60 Å². The highest BCUT2D eigenvalue weighted by Crippen LogP contribution is 2.47. The number of hydrogen-bond donors (Lipinski definition) is 0. The SMILES string of the molecule is COC[C@H]1[C@@H](COC)[C@]2(C)CSC[C@H]1O2. The summed E-state index contributed by atoms with van der Waals surface area (Å²) in [6.45, 7) is 3.78. The van der Waals surface area contributed by atoms with Gasteiger partial charge >= 0.3 is 0 Å². The van der Waals surface area contributed by atoms with Crippen LogP contribution in [0.15, 0.2) is 0 Å². The molecule has 2 aliphatic heterocycles. The molecule has 0 N–H and O–H groups in total. The lowest BCUT2D eigenvalue weighted by Crippen LogP contribution is -2.40. The van der Waals surface area contributed by atoms with E-state index in [1.807, 2.05) is 11.8 Å². The monoisotopic (exact) mass is 232 g/mol. The number of ether oxygens (including phenoxy) is 3. The maximum absolute atomic E-state index is 6.13. The van der Waals surface area contributed by atoms with Crippen molar-refractivity contribution in [1.82, 2.24) is 0 Å². The molecule has 0 radical (unpaired) electrons. The van der Waals surface area contributed by atoms with Gasteiger partial charge in [-0.25, -0.2) is 0 Å². The molecule has 0 aromatic rings. The Bertz CT molecular complexity index is 224. The van der Waals surface area contributed by atoms with Crippen molar-refractivity contribution in [2.75, 3.05) is 38.9 Å². The molecule has 0 unspecified atom stereocenters. The highest BCUT2D eigenvalue weighted by molar-refractivity contribution is 7.99. The lowest BCUT2D eigenvalue weighted by Gasteiger charge is -2.33. The summed E-state index contributed by atoms with van der Waals surface area (Å²) in [6, 6.07) is 0. The molecule has 2 rings (SSSR count). The molecule has 2 heterocycles. The van der Waals surface area contributed by atoms with Crippen molar-refractivity contribution in [2.24, 2.45) is 11.8 Å². The Morgan fingerprint density at radius 1 is 1.33 bits per heavy atom. The van der Waals surface area contributed by atoms with Crippen LogP contribution in [0.5, 0.6) is 0 Å². The van der Waals surface area contributed by atoms with Gasteiger partial charge in [0.2, 0.25) is 0 Å². The highest BCUT2D eigenvalue weighted by atomic mass is 32.2. The molecule has 4 heteroatoms. The third-order valence-corrected chi connectivity index (χ3v) is 4.92. The van der Waals surface area contributed by atoms with Crippen LogP contribution in [0.4, 0.5) is 0 Å².